The fourth-order valence-corrected chi connectivity index (χ4v) is 3.04. The molecule has 2 heteroatoms. The molecule has 21 heavy (non-hydrogen) atoms. The molecule has 0 saturated carbocycles. The molecule has 0 bridgehead atoms. The molecule has 2 nitrogen and oxygen atoms in total. The van der Waals surface area contributed by atoms with Crippen molar-refractivity contribution in [2.45, 2.75) is 6.17 Å². The zero-order chi connectivity index (χ0) is 14.7. The van der Waals surface area contributed by atoms with Crippen LogP contribution in [0.1, 0.15) is 11.7 Å². The molecule has 0 unspecified atom stereocenters. The van der Waals surface area contributed by atoms with Crippen LogP contribution in [0.5, 0.6) is 0 Å². The van der Waals surface area contributed by atoms with Crippen LogP contribution in [0.15, 0.2) is 79.9 Å². The molecule has 0 atom stereocenters. The van der Waals surface area contributed by atoms with Crippen LogP contribution in [-0.4, -0.2) is 13.1 Å². The van der Waals surface area contributed by atoms with E-state index in [1.807, 2.05) is 12.2 Å². The number of anilines is 2. The van der Waals surface area contributed by atoms with Crippen molar-refractivity contribution in [3.63, 3.8) is 0 Å². The summed E-state index contributed by atoms with van der Waals surface area (Å²) in [5, 5.41) is 0. The molecule has 1 heterocycles. The van der Waals surface area contributed by atoms with Crippen LogP contribution in [0.4, 0.5) is 11.4 Å². The molecule has 0 amide bonds. The third kappa shape index (κ3) is 2.33. The summed E-state index contributed by atoms with van der Waals surface area (Å²) in [6, 6.07) is 19.2. The van der Waals surface area contributed by atoms with Crippen molar-refractivity contribution < 1.29 is 0 Å². The Morgan fingerprint density at radius 3 is 1.71 bits per heavy atom. The summed E-state index contributed by atoms with van der Waals surface area (Å²) in [5.74, 6) is 0. The molecule has 1 aliphatic rings. The van der Waals surface area contributed by atoms with Gasteiger partial charge in [-0.1, -0.05) is 54.6 Å². The van der Waals surface area contributed by atoms with E-state index < -0.39 is 0 Å². The molecule has 0 saturated heterocycles. The molecule has 1 aliphatic heterocycles. The number of hydrogen-bond donors (Lipinski definition) is 0. The summed E-state index contributed by atoms with van der Waals surface area (Å²) in [7, 11) is 0. The first-order valence-electron chi connectivity index (χ1n) is 7.26. The summed E-state index contributed by atoms with van der Waals surface area (Å²) >= 11 is 0. The van der Waals surface area contributed by atoms with Gasteiger partial charge in [0.1, 0.15) is 6.17 Å². The second kappa shape index (κ2) is 5.88. The van der Waals surface area contributed by atoms with E-state index in [0.29, 0.717) is 0 Å². The summed E-state index contributed by atoms with van der Waals surface area (Å²) < 4.78 is 0. The van der Waals surface area contributed by atoms with Gasteiger partial charge in [0.2, 0.25) is 0 Å². The van der Waals surface area contributed by atoms with Crippen LogP contribution in [0, 0.1) is 0 Å². The van der Waals surface area contributed by atoms with E-state index in [0.717, 1.165) is 13.1 Å². The number of hydrogen-bond acceptors (Lipinski definition) is 2. The standard InChI is InChI=1S/C19H20N2/c1-3-14-20-17-12-8-9-13-18(17)21(15-4-2)19(20)16-10-6-5-7-11-16/h3-13,19H,1-2,14-15H2. The van der Waals surface area contributed by atoms with Gasteiger partial charge >= 0.3 is 0 Å². The van der Waals surface area contributed by atoms with Crippen LogP contribution >= 0.6 is 0 Å². The average molecular weight is 276 g/mol. The highest BCUT2D eigenvalue weighted by Gasteiger charge is 2.35. The Morgan fingerprint density at radius 1 is 0.762 bits per heavy atom. The highest BCUT2D eigenvalue weighted by molar-refractivity contribution is 5.78. The van der Waals surface area contributed by atoms with Crippen LogP contribution in [0.3, 0.4) is 0 Å². The van der Waals surface area contributed by atoms with Gasteiger partial charge in [-0.3, -0.25) is 0 Å². The number of nitrogens with zero attached hydrogens (tertiary/aromatic N) is 2. The summed E-state index contributed by atoms with van der Waals surface area (Å²) in [5.41, 5.74) is 3.80. The molecule has 0 aliphatic carbocycles. The van der Waals surface area contributed by atoms with E-state index in [9.17, 15) is 0 Å². The maximum atomic E-state index is 3.92. The predicted molar refractivity (Wildman–Crippen MR) is 90.7 cm³/mol. The SMILES string of the molecule is C=CCN1c2ccccc2N(CC=C)C1c1ccccc1. The molecule has 0 spiro atoms. The molecular weight excluding hydrogens is 256 g/mol. The molecular formula is C19H20N2. The van der Waals surface area contributed by atoms with Gasteiger partial charge in [0.25, 0.3) is 0 Å². The molecule has 0 N–H and O–H groups in total. The third-order valence-corrected chi connectivity index (χ3v) is 3.84. The first-order chi connectivity index (χ1) is 10.4. The average Bonchev–Trinajstić information content (AvgIpc) is 2.84. The maximum absolute atomic E-state index is 3.92. The van der Waals surface area contributed by atoms with Gasteiger partial charge in [-0.05, 0) is 17.7 Å². The van der Waals surface area contributed by atoms with Crippen molar-refractivity contribution in [1.29, 1.82) is 0 Å². The van der Waals surface area contributed by atoms with Gasteiger partial charge in [-0.25, -0.2) is 0 Å². The van der Waals surface area contributed by atoms with Gasteiger partial charge in [-0.15, -0.1) is 13.2 Å². The van der Waals surface area contributed by atoms with E-state index in [4.69, 9.17) is 0 Å². The van der Waals surface area contributed by atoms with Gasteiger partial charge < -0.3 is 9.80 Å². The van der Waals surface area contributed by atoms with E-state index in [-0.39, 0.29) is 6.17 Å². The summed E-state index contributed by atoms with van der Waals surface area (Å²) in [6.07, 6.45) is 4.12. The van der Waals surface area contributed by atoms with Crippen molar-refractivity contribution in [3.05, 3.63) is 85.5 Å². The van der Waals surface area contributed by atoms with Crippen molar-refractivity contribution in [2.75, 3.05) is 22.9 Å². The molecule has 0 aromatic heterocycles. The van der Waals surface area contributed by atoms with Crippen molar-refractivity contribution >= 4 is 11.4 Å². The smallest absolute Gasteiger partial charge is 0.129 e. The second-order valence-corrected chi connectivity index (χ2v) is 5.16. The largest absolute Gasteiger partial charge is 0.342 e. The van der Waals surface area contributed by atoms with E-state index in [1.165, 1.54) is 16.9 Å². The Bertz CT molecular complexity index is 596. The normalized spacial score (nSPS) is 14.1. The quantitative estimate of drug-likeness (QED) is 0.748. The second-order valence-electron chi connectivity index (χ2n) is 5.16. The number of rotatable bonds is 5. The van der Waals surface area contributed by atoms with Crippen LogP contribution in [0.25, 0.3) is 0 Å². The molecule has 0 radical (unpaired) electrons. The van der Waals surface area contributed by atoms with E-state index in [2.05, 4.69) is 77.6 Å². The zero-order valence-electron chi connectivity index (χ0n) is 12.2. The van der Waals surface area contributed by atoms with Gasteiger partial charge in [0, 0.05) is 13.1 Å². The maximum Gasteiger partial charge on any atom is 0.129 e. The molecule has 3 rings (SSSR count). The Hall–Kier alpha value is -2.48. The summed E-state index contributed by atoms with van der Waals surface area (Å²) in [4.78, 5) is 4.78. The first-order valence-corrected chi connectivity index (χ1v) is 7.26. The number of para-hydroxylation sites is 2. The number of fused-ring (bicyclic) bond motifs is 1. The topological polar surface area (TPSA) is 6.48 Å². The van der Waals surface area contributed by atoms with Gasteiger partial charge in [0.05, 0.1) is 11.4 Å². The lowest BCUT2D eigenvalue weighted by molar-refractivity contribution is 0.653. The lowest BCUT2D eigenvalue weighted by Crippen LogP contribution is -2.35. The van der Waals surface area contributed by atoms with Crippen molar-refractivity contribution in [1.82, 2.24) is 0 Å². The van der Waals surface area contributed by atoms with E-state index in [1.54, 1.807) is 0 Å². The fourth-order valence-electron chi connectivity index (χ4n) is 3.04. The van der Waals surface area contributed by atoms with E-state index >= 15 is 0 Å². The monoisotopic (exact) mass is 276 g/mol. The van der Waals surface area contributed by atoms with Gasteiger partial charge in [0.15, 0.2) is 0 Å². The molecule has 0 fully saturated rings. The first kappa shape index (κ1) is 13.5. The fraction of sp³-hybridized carbons (Fsp3) is 0.158. The minimum Gasteiger partial charge on any atom is -0.342 e. The van der Waals surface area contributed by atoms with Crippen LogP contribution < -0.4 is 9.80 Å². The number of benzene rings is 2. The zero-order valence-corrected chi connectivity index (χ0v) is 12.2. The minimum absolute atomic E-state index is 0.194. The van der Waals surface area contributed by atoms with Crippen LogP contribution in [0.2, 0.25) is 0 Å². The summed E-state index contributed by atoms with van der Waals surface area (Å²) in [6.45, 7) is 9.48. The lowest BCUT2D eigenvalue weighted by atomic mass is 10.1. The molecule has 2 aromatic rings. The Kier molecular flexibility index (Phi) is 3.78. The van der Waals surface area contributed by atoms with Crippen LogP contribution in [-0.2, 0) is 0 Å². The molecule has 106 valence electrons. The van der Waals surface area contributed by atoms with Crippen molar-refractivity contribution in [2.24, 2.45) is 0 Å². The Balaban J connectivity index is 2.11. The van der Waals surface area contributed by atoms with Gasteiger partial charge in [-0.2, -0.15) is 0 Å². The minimum atomic E-state index is 0.194. The predicted octanol–water partition coefficient (Wildman–Crippen LogP) is 4.38. The highest BCUT2D eigenvalue weighted by atomic mass is 15.4. The third-order valence-electron chi connectivity index (χ3n) is 3.84. The van der Waals surface area contributed by atoms with Crippen molar-refractivity contribution in [3.8, 4) is 0 Å². The molecule has 2 aromatic carbocycles. The lowest BCUT2D eigenvalue weighted by Gasteiger charge is -2.32. The highest BCUT2D eigenvalue weighted by Crippen LogP contribution is 2.45. The Morgan fingerprint density at radius 2 is 1.24 bits per heavy atom. The Labute approximate surface area is 126 Å².